The number of rotatable bonds is 4. The van der Waals surface area contributed by atoms with Crippen LogP contribution in [0.3, 0.4) is 0 Å². The first-order valence-corrected chi connectivity index (χ1v) is 6.58. The lowest BCUT2D eigenvalue weighted by Gasteiger charge is -2.10. The summed E-state index contributed by atoms with van der Waals surface area (Å²) in [5, 5.41) is 8.84. The minimum atomic E-state index is 0.0322. The summed E-state index contributed by atoms with van der Waals surface area (Å²) in [6, 6.07) is 15.6. The third-order valence-corrected chi connectivity index (χ3v) is 3.27. The molecule has 0 aromatic heterocycles. The Bertz CT molecular complexity index is 624. The Balaban J connectivity index is 2.03. The van der Waals surface area contributed by atoms with Crippen LogP contribution in [0.5, 0.6) is 5.75 Å². The molecule has 0 heterocycles. The predicted molar refractivity (Wildman–Crippen MR) is 79.3 cm³/mol. The van der Waals surface area contributed by atoms with Crippen molar-refractivity contribution in [1.82, 2.24) is 0 Å². The standard InChI is InChI=1S/C17H18N2O/c1-12-9-14(10-18)3-4-16(12)11-20-17-7-5-15(6-8-17)13(2)19/h3-9,13H,11,19H2,1-2H3/t13-/m0/s1. The van der Waals surface area contributed by atoms with Crippen LogP contribution in [0, 0.1) is 18.3 Å². The number of hydrogen-bond donors (Lipinski definition) is 1. The highest BCUT2D eigenvalue weighted by Crippen LogP contribution is 2.18. The second-order valence-corrected chi connectivity index (χ2v) is 4.90. The van der Waals surface area contributed by atoms with Crippen LogP contribution >= 0.6 is 0 Å². The lowest BCUT2D eigenvalue weighted by molar-refractivity contribution is 0.305. The first-order valence-electron chi connectivity index (χ1n) is 6.58. The molecule has 0 saturated heterocycles. The lowest BCUT2D eigenvalue weighted by atomic mass is 10.1. The van der Waals surface area contributed by atoms with E-state index in [-0.39, 0.29) is 6.04 Å². The molecule has 3 heteroatoms. The zero-order valence-electron chi connectivity index (χ0n) is 11.8. The van der Waals surface area contributed by atoms with Crippen LogP contribution in [-0.4, -0.2) is 0 Å². The Morgan fingerprint density at radius 2 is 1.90 bits per heavy atom. The molecule has 1 atom stereocenters. The molecule has 20 heavy (non-hydrogen) atoms. The third-order valence-electron chi connectivity index (χ3n) is 3.27. The number of nitrogens with two attached hydrogens (primary N) is 1. The summed E-state index contributed by atoms with van der Waals surface area (Å²) in [4.78, 5) is 0. The summed E-state index contributed by atoms with van der Waals surface area (Å²) in [5.41, 5.74) is 9.72. The molecule has 2 aromatic rings. The monoisotopic (exact) mass is 266 g/mol. The Morgan fingerprint density at radius 3 is 2.45 bits per heavy atom. The van der Waals surface area contributed by atoms with Gasteiger partial charge in [0.25, 0.3) is 0 Å². The second kappa shape index (κ2) is 6.23. The van der Waals surface area contributed by atoms with Crippen LogP contribution in [0.1, 0.15) is 35.2 Å². The number of hydrogen-bond acceptors (Lipinski definition) is 3. The van der Waals surface area contributed by atoms with E-state index in [9.17, 15) is 0 Å². The average Bonchev–Trinajstić information content (AvgIpc) is 2.46. The van der Waals surface area contributed by atoms with E-state index in [1.807, 2.05) is 56.3 Å². The third kappa shape index (κ3) is 3.37. The van der Waals surface area contributed by atoms with Crippen molar-refractivity contribution in [3.8, 4) is 11.8 Å². The van der Waals surface area contributed by atoms with Crippen LogP contribution < -0.4 is 10.5 Å². The molecule has 0 aliphatic rings. The first-order chi connectivity index (χ1) is 9.60. The van der Waals surface area contributed by atoms with Crippen molar-refractivity contribution in [2.45, 2.75) is 26.5 Å². The molecule has 0 aliphatic carbocycles. The van der Waals surface area contributed by atoms with Gasteiger partial charge in [0, 0.05) is 6.04 Å². The minimum absolute atomic E-state index is 0.0322. The zero-order valence-corrected chi connectivity index (χ0v) is 11.8. The van der Waals surface area contributed by atoms with Crippen LogP contribution in [0.4, 0.5) is 0 Å². The van der Waals surface area contributed by atoms with Gasteiger partial charge in [-0.05, 0) is 54.8 Å². The van der Waals surface area contributed by atoms with E-state index in [0.717, 1.165) is 22.4 Å². The highest BCUT2D eigenvalue weighted by Gasteiger charge is 2.03. The molecule has 0 amide bonds. The maximum absolute atomic E-state index is 8.84. The smallest absolute Gasteiger partial charge is 0.119 e. The Kier molecular flexibility index (Phi) is 4.39. The van der Waals surface area contributed by atoms with Gasteiger partial charge in [-0.15, -0.1) is 0 Å². The zero-order chi connectivity index (χ0) is 14.5. The molecule has 2 rings (SSSR count). The fourth-order valence-electron chi connectivity index (χ4n) is 1.96. The molecule has 0 bridgehead atoms. The molecule has 0 saturated carbocycles. The van der Waals surface area contributed by atoms with Crippen LogP contribution in [-0.2, 0) is 6.61 Å². The molecule has 3 nitrogen and oxygen atoms in total. The SMILES string of the molecule is Cc1cc(C#N)ccc1COc1ccc([C@H](C)N)cc1. The van der Waals surface area contributed by atoms with Crippen LogP contribution in [0.15, 0.2) is 42.5 Å². The van der Waals surface area contributed by atoms with Crippen LogP contribution in [0.25, 0.3) is 0 Å². The van der Waals surface area contributed by atoms with Gasteiger partial charge in [-0.25, -0.2) is 0 Å². The molecule has 0 spiro atoms. The number of ether oxygens (including phenoxy) is 1. The van der Waals surface area contributed by atoms with E-state index >= 15 is 0 Å². The molecule has 0 unspecified atom stereocenters. The van der Waals surface area contributed by atoms with E-state index < -0.39 is 0 Å². The molecular formula is C17H18N2O. The molecule has 0 radical (unpaired) electrons. The average molecular weight is 266 g/mol. The fourth-order valence-corrected chi connectivity index (χ4v) is 1.96. The Hall–Kier alpha value is -2.31. The van der Waals surface area contributed by atoms with E-state index in [1.165, 1.54) is 0 Å². The van der Waals surface area contributed by atoms with Gasteiger partial charge in [0.1, 0.15) is 12.4 Å². The molecule has 0 aliphatic heterocycles. The number of benzene rings is 2. The van der Waals surface area contributed by atoms with Gasteiger partial charge < -0.3 is 10.5 Å². The van der Waals surface area contributed by atoms with Gasteiger partial charge in [-0.3, -0.25) is 0 Å². The van der Waals surface area contributed by atoms with E-state index in [1.54, 1.807) is 0 Å². The summed E-state index contributed by atoms with van der Waals surface area (Å²) in [6.45, 7) is 4.43. The molecule has 2 aromatic carbocycles. The summed E-state index contributed by atoms with van der Waals surface area (Å²) in [7, 11) is 0. The second-order valence-electron chi connectivity index (χ2n) is 4.90. The molecule has 0 fully saturated rings. The maximum Gasteiger partial charge on any atom is 0.119 e. The quantitative estimate of drug-likeness (QED) is 0.921. The lowest BCUT2D eigenvalue weighted by Crippen LogP contribution is -2.04. The predicted octanol–water partition coefficient (Wildman–Crippen LogP) is 3.47. The number of nitriles is 1. The molecule has 102 valence electrons. The van der Waals surface area contributed by atoms with Crippen molar-refractivity contribution in [2.24, 2.45) is 5.73 Å². The van der Waals surface area contributed by atoms with Gasteiger partial charge in [0.2, 0.25) is 0 Å². The van der Waals surface area contributed by atoms with Gasteiger partial charge in [0.05, 0.1) is 11.6 Å². The molecule has 2 N–H and O–H groups in total. The molecular weight excluding hydrogens is 248 g/mol. The highest BCUT2D eigenvalue weighted by molar-refractivity contribution is 5.37. The maximum atomic E-state index is 8.84. The van der Waals surface area contributed by atoms with E-state index in [4.69, 9.17) is 15.7 Å². The van der Waals surface area contributed by atoms with Crippen LogP contribution in [0.2, 0.25) is 0 Å². The summed E-state index contributed by atoms with van der Waals surface area (Å²) >= 11 is 0. The topological polar surface area (TPSA) is 59.0 Å². The normalized spacial score (nSPS) is 11.7. The van der Waals surface area contributed by atoms with Crippen molar-refractivity contribution in [1.29, 1.82) is 5.26 Å². The fraction of sp³-hybridized carbons (Fsp3) is 0.235. The summed E-state index contributed by atoms with van der Waals surface area (Å²) < 4.78 is 5.76. The van der Waals surface area contributed by atoms with Crippen molar-refractivity contribution in [3.05, 3.63) is 64.7 Å². The van der Waals surface area contributed by atoms with E-state index in [0.29, 0.717) is 12.2 Å². The largest absolute Gasteiger partial charge is 0.489 e. The highest BCUT2D eigenvalue weighted by atomic mass is 16.5. The van der Waals surface area contributed by atoms with E-state index in [2.05, 4.69) is 6.07 Å². The van der Waals surface area contributed by atoms with Crippen molar-refractivity contribution < 1.29 is 4.74 Å². The summed E-state index contributed by atoms with van der Waals surface area (Å²) in [5.74, 6) is 0.818. The number of aryl methyl sites for hydroxylation is 1. The van der Waals surface area contributed by atoms with Gasteiger partial charge in [-0.2, -0.15) is 5.26 Å². The Labute approximate surface area is 119 Å². The van der Waals surface area contributed by atoms with Crippen molar-refractivity contribution >= 4 is 0 Å². The van der Waals surface area contributed by atoms with Gasteiger partial charge in [-0.1, -0.05) is 18.2 Å². The van der Waals surface area contributed by atoms with Gasteiger partial charge in [0.15, 0.2) is 0 Å². The minimum Gasteiger partial charge on any atom is -0.489 e. The summed E-state index contributed by atoms with van der Waals surface area (Å²) in [6.07, 6.45) is 0. The van der Waals surface area contributed by atoms with Gasteiger partial charge >= 0.3 is 0 Å². The van der Waals surface area contributed by atoms with Crippen molar-refractivity contribution in [2.75, 3.05) is 0 Å². The number of nitrogens with zero attached hydrogens (tertiary/aromatic N) is 1. The first kappa shape index (κ1) is 14.1. The van der Waals surface area contributed by atoms with Crippen molar-refractivity contribution in [3.63, 3.8) is 0 Å². The Morgan fingerprint density at radius 1 is 1.20 bits per heavy atom.